The first-order valence-corrected chi connectivity index (χ1v) is 35.4. The minimum atomic E-state index is -0.813. The third kappa shape index (κ3) is 12.9. The molecule has 1 unspecified atom stereocenters. The summed E-state index contributed by atoms with van der Waals surface area (Å²) >= 11 is 0. The van der Waals surface area contributed by atoms with E-state index in [1.54, 1.807) is 6.92 Å². The lowest BCUT2D eigenvalue weighted by Gasteiger charge is -2.38. The maximum absolute atomic E-state index is 13.4. The number of halogens is 2. The Bertz CT molecular complexity index is 5120. The van der Waals surface area contributed by atoms with Crippen molar-refractivity contribution in [3.63, 3.8) is 0 Å². The molecule has 0 saturated carbocycles. The van der Waals surface area contributed by atoms with Crippen LogP contribution in [0.5, 0.6) is 0 Å². The summed E-state index contributed by atoms with van der Waals surface area (Å²) in [6, 6.07) is 52.3. The average molecular weight is 1360 g/mol. The predicted molar refractivity (Wildman–Crippen MR) is 399 cm³/mol. The number of imidazole rings is 3. The van der Waals surface area contributed by atoms with E-state index in [0.29, 0.717) is 54.2 Å². The van der Waals surface area contributed by atoms with Crippen LogP contribution < -0.4 is 25.3 Å². The van der Waals surface area contributed by atoms with Crippen LogP contribution in [0.2, 0.25) is 0 Å². The summed E-state index contributed by atoms with van der Waals surface area (Å²) in [4.78, 5) is 28.9. The van der Waals surface area contributed by atoms with Gasteiger partial charge in [-0.15, -0.1) is 0 Å². The molecule has 12 aromatic rings. The van der Waals surface area contributed by atoms with Gasteiger partial charge in [-0.3, -0.25) is 13.7 Å². The number of benzene rings is 5. The number of anilines is 3. The number of nitriles is 2. The van der Waals surface area contributed by atoms with E-state index >= 15 is 0 Å². The molecular formula is C82H82F2N18. The van der Waals surface area contributed by atoms with E-state index in [9.17, 15) is 8.78 Å². The number of fused-ring (bicyclic) bond motifs is 15. The Morgan fingerprint density at radius 3 is 1.52 bits per heavy atom. The summed E-state index contributed by atoms with van der Waals surface area (Å²) in [5, 5.41) is 25.1. The van der Waals surface area contributed by atoms with Crippen LogP contribution in [0.15, 0.2) is 195 Å². The van der Waals surface area contributed by atoms with E-state index < -0.39 is 6.17 Å². The quantitative estimate of drug-likeness (QED) is 0.126. The fraction of sp³-hybridized carbons (Fsp3) is 0.293. The van der Waals surface area contributed by atoms with Crippen LogP contribution in [0.3, 0.4) is 0 Å². The van der Waals surface area contributed by atoms with Gasteiger partial charge < -0.3 is 43.9 Å². The first-order chi connectivity index (χ1) is 49.6. The van der Waals surface area contributed by atoms with Crippen LogP contribution in [0.25, 0.3) is 85.0 Å². The number of hydrogen-bond acceptors (Lipinski definition) is 12. The minimum Gasteiger partial charge on any atom is -0.371 e. The van der Waals surface area contributed by atoms with Crippen molar-refractivity contribution in [3.05, 3.63) is 229 Å². The van der Waals surface area contributed by atoms with Crippen molar-refractivity contribution in [2.45, 2.75) is 78.0 Å². The zero-order valence-corrected chi connectivity index (χ0v) is 58.3. The van der Waals surface area contributed by atoms with Gasteiger partial charge in [-0.2, -0.15) is 10.5 Å². The van der Waals surface area contributed by atoms with E-state index in [0.717, 1.165) is 156 Å². The molecule has 0 aliphatic carbocycles. The van der Waals surface area contributed by atoms with Crippen LogP contribution in [-0.4, -0.2) is 143 Å². The topological polar surface area (TPSA) is 166 Å². The van der Waals surface area contributed by atoms with Crippen LogP contribution in [0.4, 0.5) is 26.0 Å². The molecule has 7 aromatic heterocycles. The third-order valence-corrected chi connectivity index (χ3v) is 21.0. The van der Waals surface area contributed by atoms with Gasteiger partial charge in [-0.25, -0.2) is 28.7 Å². The van der Waals surface area contributed by atoms with E-state index in [4.69, 9.17) is 20.5 Å². The fourth-order valence-corrected chi connectivity index (χ4v) is 16.0. The Balaban J connectivity index is 0.000000118. The second-order valence-corrected chi connectivity index (χ2v) is 28.6. The second-order valence-electron chi connectivity index (χ2n) is 28.6. The monoisotopic (exact) mass is 1360 g/mol. The van der Waals surface area contributed by atoms with E-state index in [2.05, 4.69) is 200 Å². The first kappa shape index (κ1) is 65.5. The molecule has 3 fully saturated rings. The minimum absolute atomic E-state index is 0.233. The molecule has 18 nitrogen and oxygen atoms in total. The highest BCUT2D eigenvalue weighted by Gasteiger charge is 2.34. The number of alkyl halides is 1. The van der Waals surface area contributed by atoms with Crippen molar-refractivity contribution in [2.75, 3.05) is 81.2 Å². The number of rotatable bonds is 11. The molecule has 6 atom stereocenters. The molecule has 18 rings (SSSR count). The summed E-state index contributed by atoms with van der Waals surface area (Å²) in [6.07, 6.45) is 18.4. The van der Waals surface area contributed by atoms with Gasteiger partial charge in [0.15, 0.2) is 17.5 Å². The fourth-order valence-electron chi connectivity index (χ4n) is 16.0. The summed E-state index contributed by atoms with van der Waals surface area (Å²) < 4.78 is 39.8. The molecule has 0 radical (unpaired) electrons. The Morgan fingerprint density at radius 1 is 0.549 bits per heavy atom. The van der Waals surface area contributed by atoms with Crippen LogP contribution in [0.1, 0.15) is 62.1 Å². The number of hydrogen-bond donors (Lipinski definition) is 2. The molecule has 6 aliphatic rings. The maximum atomic E-state index is 13.4. The zero-order chi connectivity index (χ0) is 69.9. The number of aromatic nitrogens is 10. The van der Waals surface area contributed by atoms with Gasteiger partial charge in [0.1, 0.15) is 17.8 Å². The molecule has 20 heteroatoms. The molecule has 102 heavy (non-hydrogen) atoms. The number of likely N-dealkylation sites (N-methyl/N-ethyl adjacent to an activating group) is 1. The van der Waals surface area contributed by atoms with Gasteiger partial charge in [-0.05, 0) is 191 Å². The van der Waals surface area contributed by atoms with Crippen molar-refractivity contribution in [1.29, 1.82) is 10.5 Å². The van der Waals surface area contributed by atoms with Crippen LogP contribution in [0, 0.1) is 40.3 Å². The Kier molecular flexibility index (Phi) is 17.6. The number of piperazine rings is 1. The molecule has 0 spiro atoms. The molecule has 5 aromatic carbocycles. The van der Waals surface area contributed by atoms with Crippen molar-refractivity contribution in [3.8, 4) is 97.1 Å². The molecule has 0 bridgehead atoms. The average Bonchev–Trinajstić information content (AvgIpc) is 1.61. The molecule has 13 heterocycles. The molecule has 2 N–H and O–H groups in total. The molecule has 514 valence electrons. The van der Waals surface area contributed by atoms with Gasteiger partial charge in [0.25, 0.3) is 0 Å². The lowest BCUT2D eigenvalue weighted by atomic mass is 10.1. The normalized spacial score (nSPS) is 18.5. The van der Waals surface area contributed by atoms with E-state index in [-0.39, 0.29) is 5.82 Å². The van der Waals surface area contributed by atoms with Gasteiger partial charge in [0.2, 0.25) is 0 Å². The Hall–Kier alpha value is -11.2. The van der Waals surface area contributed by atoms with E-state index in [1.165, 1.54) is 40.3 Å². The van der Waals surface area contributed by atoms with Crippen LogP contribution in [-0.2, 0) is 19.6 Å². The highest BCUT2D eigenvalue weighted by Crippen LogP contribution is 2.40. The van der Waals surface area contributed by atoms with Gasteiger partial charge in [0, 0.05) is 161 Å². The first-order valence-electron chi connectivity index (χ1n) is 35.4. The largest absolute Gasteiger partial charge is 0.371 e. The maximum Gasteiger partial charge on any atom is 0.161 e. The van der Waals surface area contributed by atoms with Gasteiger partial charge in [-0.1, -0.05) is 43.3 Å². The van der Waals surface area contributed by atoms with Gasteiger partial charge in [0.05, 0.1) is 69.6 Å². The third-order valence-electron chi connectivity index (χ3n) is 21.0. The molecule has 6 aliphatic heterocycles. The van der Waals surface area contributed by atoms with Gasteiger partial charge >= 0.3 is 0 Å². The van der Waals surface area contributed by atoms with Crippen molar-refractivity contribution >= 4 is 17.2 Å². The molecular weight excluding hydrogens is 1280 g/mol. The number of nitrogens with one attached hydrogen (secondary N) is 2. The summed E-state index contributed by atoms with van der Waals surface area (Å²) in [7, 11) is 4.32. The van der Waals surface area contributed by atoms with E-state index in [1.807, 2.05) is 97.8 Å². The Morgan fingerprint density at radius 2 is 1.03 bits per heavy atom. The predicted octanol–water partition coefficient (Wildman–Crippen LogP) is 13.7. The van der Waals surface area contributed by atoms with Crippen molar-refractivity contribution in [1.82, 2.24) is 62.9 Å². The summed E-state index contributed by atoms with van der Waals surface area (Å²) in [5.74, 6) is 4.70. The number of nitrogens with zero attached hydrogens (tertiary/aromatic N) is 16. The zero-order valence-electron chi connectivity index (χ0n) is 58.3. The SMILES string of the molecule is CC(F)CNC[C@@H]1CCN(c2ccc3c(c2)Cn2cc(-c4ccc(F)cc4)cc2-c2nccn2-3)C1.C[C@@H]1CN(c2ccc3c(c2)Cn2cc(-c4ccc(C#N)cc4)cc2-c2nccn2-3)C[C@H](C)N1.C[C@H]1CN(c2ccc3c(n2)Cn2cc(-c4ccc(C#N)cc4)cc2-c2nccn2-3)C[C@@H]1N(C)C. The highest BCUT2D eigenvalue weighted by atomic mass is 19.1. The lowest BCUT2D eigenvalue weighted by molar-refractivity contribution is 0.266. The highest BCUT2D eigenvalue weighted by molar-refractivity contribution is 5.76. The summed E-state index contributed by atoms with van der Waals surface area (Å²) in [5.41, 5.74) is 20.5. The molecule has 0 amide bonds. The number of pyridine rings is 1. The van der Waals surface area contributed by atoms with Crippen LogP contribution >= 0.6 is 0 Å². The molecule has 3 saturated heterocycles. The lowest BCUT2D eigenvalue weighted by Crippen LogP contribution is -2.54. The second kappa shape index (κ2) is 27.4. The smallest absolute Gasteiger partial charge is 0.161 e. The summed E-state index contributed by atoms with van der Waals surface area (Å²) in [6.45, 7) is 17.9. The standard InChI is InChI=1S/C28H29F2N5.C27H27N7.C27H26N6/c1-19(29)14-31-15-20-8-10-33(16-20)25-6-7-26-23(12-25)18-34-17-22(21-2-4-24(30)5-3-21)13-27(34)28-32-9-11-35(26)28;1-18-14-33(17-25(18)31(2)3)26-9-8-23-22(30-26)16-32-15-21(20-6-4-19(13-28)5-7-20)12-24(32)27-29-10-11-34(23)27;1-18-14-31(15-19(2)30-18)24-7-8-25-23(11-24)17-32-16-22(21-5-3-20(13-28)4-6-21)12-26(32)27-29-9-10-33(25)27/h2-7,9,11-13,17,19-20,31H,8,10,14-16,18H2,1H3;4-12,15,18,25H,14,16-17H2,1-3H3;3-12,16,18-19,30H,14-15,17H2,1-2H3/t19?,20-;18-,25-;18-,19+/m00./s1. The Labute approximate surface area is 593 Å². The van der Waals surface area contributed by atoms with Crippen molar-refractivity contribution in [2.24, 2.45) is 11.8 Å². The van der Waals surface area contributed by atoms with Crippen molar-refractivity contribution < 1.29 is 8.78 Å².